The van der Waals surface area contributed by atoms with Crippen molar-refractivity contribution in [3.05, 3.63) is 35.4 Å². The lowest BCUT2D eigenvalue weighted by Gasteiger charge is -2.33. The second-order valence-electron chi connectivity index (χ2n) is 7.21. The molecule has 1 aromatic rings. The van der Waals surface area contributed by atoms with E-state index in [1.165, 1.54) is 5.56 Å². The molecular formula is C18H28N2O2. The Morgan fingerprint density at radius 3 is 2.82 bits per heavy atom. The molecule has 1 aromatic carbocycles. The Labute approximate surface area is 133 Å². The molecule has 0 aromatic heterocycles. The molecule has 2 atom stereocenters. The molecule has 0 aliphatic carbocycles. The lowest BCUT2D eigenvalue weighted by Crippen LogP contribution is -2.45. The van der Waals surface area contributed by atoms with Gasteiger partial charge >= 0.3 is 0 Å². The molecule has 1 aliphatic rings. The van der Waals surface area contributed by atoms with Gasteiger partial charge in [0.2, 0.25) is 5.91 Å². The molecule has 1 amide bonds. The summed E-state index contributed by atoms with van der Waals surface area (Å²) in [4.78, 5) is 12.4. The molecule has 1 heterocycles. The molecule has 2 unspecified atom stereocenters. The number of morpholine rings is 1. The van der Waals surface area contributed by atoms with E-state index in [-0.39, 0.29) is 23.4 Å². The summed E-state index contributed by atoms with van der Waals surface area (Å²) in [5.41, 5.74) is 2.33. The van der Waals surface area contributed by atoms with Gasteiger partial charge in [-0.3, -0.25) is 4.79 Å². The van der Waals surface area contributed by atoms with Gasteiger partial charge in [-0.05, 0) is 17.9 Å². The smallest absolute Gasteiger partial charge is 0.222 e. The van der Waals surface area contributed by atoms with Gasteiger partial charge in [0.25, 0.3) is 0 Å². The van der Waals surface area contributed by atoms with Crippen molar-refractivity contribution in [2.75, 3.05) is 19.8 Å². The topological polar surface area (TPSA) is 50.4 Å². The van der Waals surface area contributed by atoms with Gasteiger partial charge in [-0.2, -0.15) is 0 Å². The Kier molecular flexibility index (Phi) is 5.59. The van der Waals surface area contributed by atoms with Crippen molar-refractivity contribution < 1.29 is 9.53 Å². The first-order valence-electron chi connectivity index (χ1n) is 8.03. The molecule has 0 saturated carbocycles. The highest BCUT2D eigenvalue weighted by Crippen LogP contribution is 2.33. The maximum Gasteiger partial charge on any atom is 0.222 e. The van der Waals surface area contributed by atoms with Crippen LogP contribution < -0.4 is 10.6 Å². The van der Waals surface area contributed by atoms with Gasteiger partial charge < -0.3 is 15.4 Å². The SMILES string of the molecule is Cc1cccc(C(NC(=O)CC2COCCN2)C(C)(C)C)c1. The summed E-state index contributed by atoms with van der Waals surface area (Å²) in [7, 11) is 0. The average Bonchev–Trinajstić information content (AvgIpc) is 2.44. The fraction of sp³-hybridized carbons (Fsp3) is 0.611. The number of nitrogens with one attached hydrogen (secondary N) is 2. The van der Waals surface area contributed by atoms with E-state index in [0.717, 1.165) is 18.7 Å². The van der Waals surface area contributed by atoms with Crippen LogP contribution in [0.3, 0.4) is 0 Å². The highest BCUT2D eigenvalue weighted by molar-refractivity contribution is 5.77. The van der Waals surface area contributed by atoms with Crippen LogP contribution in [0.5, 0.6) is 0 Å². The largest absolute Gasteiger partial charge is 0.378 e. The van der Waals surface area contributed by atoms with E-state index >= 15 is 0 Å². The maximum atomic E-state index is 12.4. The van der Waals surface area contributed by atoms with Gasteiger partial charge in [0.1, 0.15) is 0 Å². The highest BCUT2D eigenvalue weighted by atomic mass is 16.5. The summed E-state index contributed by atoms with van der Waals surface area (Å²) in [5.74, 6) is 0.0735. The Balaban J connectivity index is 2.05. The molecule has 0 bridgehead atoms. The van der Waals surface area contributed by atoms with Crippen LogP contribution in [0.15, 0.2) is 24.3 Å². The minimum Gasteiger partial charge on any atom is -0.378 e. The van der Waals surface area contributed by atoms with Crippen LogP contribution in [0.2, 0.25) is 0 Å². The molecular weight excluding hydrogens is 276 g/mol. The third kappa shape index (κ3) is 4.82. The van der Waals surface area contributed by atoms with Gasteiger partial charge in [-0.1, -0.05) is 50.6 Å². The zero-order valence-corrected chi connectivity index (χ0v) is 14.1. The standard InChI is InChI=1S/C18H28N2O2/c1-13-6-5-7-14(10-13)17(18(2,3)4)20-16(21)11-15-12-22-9-8-19-15/h5-7,10,15,17,19H,8-9,11-12H2,1-4H3,(H,20,21). The summed E-state index contributed by atoms with van der Waals surface area (Å²) in [6.07, 6.45) is 0.457. The van der Waals surface area contributed by atoms with E-state index < -0.39 is 0 Å². The number of carbonyl (C=O) groups excluding carboxylic acids is 1. The summed E-state index contributed by atoms with van der Waals surface area (Å²) < 4.78 is 5.41. The summed E-state index contributed by atoms with van der Waals surface area (Å²) in [6.45, 7) is 10.7. The normalized spacial score (nSPS) is 20.5. The van der Waals surface area contributed by atoms with Gasteiger partial charge in [0, 0.05) is 19.0 Å². The van der Waals surface area contributed by atoms with E-state index in [1.807, 2.05) is 6.07 Å². The van der Waals surface area contributed by atoms with Crippen molar-refractivity contribution >= 4 is 5.91 Å². The highest BCUT2D eigenvalue weighted by Gasteiger charge is 2.28. The molecule has 1 aliphatic heterocycles. The molecule has 2 rings (SSSR count). The lowest BCUT2D eigenvalue weighted by molar-refractivity contribution is -0.123. The lowest BCUT2D eigenvalue weighted by atomic mass is 9.82. The van der Waals surface area contributed by atoms with Crippen LogP contribution in [0, 0.1) is 12.3 Å². The first-order chi connectivity index (χ1) is 10.4. The van der Waals surface area contributed by atoms with Gasteiger partial charge in [0.15, 0.2) is 0 Å². The van der Waals surface area contributed by atoms with Crippen molar-refractivity contribution in [2.45, 2.75) is 46.2 Å². The van der Waals surface area contributed by atoms with Crippen molar-refractivity contribution in [2.24, 2.45) is 5.41 Å². The van der Waals surface area contributed by atoms with Crippen LogP contribution >= 0.6 is 0 Å². The molecule has 4 nitrogen and oxygen atoms in total. The molecule has 4 heteroatoms. The quantitative estimate of drug-likeness (QED) is 0.899. The third-order valence-electron chi connectivity index (χ3n) is 3.98. The number of rotatable bonds is 4. The second-order valence-corrected chi connectivity index (χ2v) is 7.21. The first-order valence-corrected chi connectivity index (χ1v) is 8.03. The van der Waals surface area contributed by atoms with Crippen LogP contribution in [0.25, 0.3) is 0 Å². The van der Waals surface area contributed by atoms with Crippen molar-refractivity contribution in [3.63, 3.8) is 0 Å². The average molecular weight is 304 g/mol. The minimum absolute atomic E-state index is 0.00408. The van der Waals surface area contributed by atoms with Crippen molar-refractivity contribution in [1.82, 2.24) is 10.6 Å². The van der Waals surface area contributed by atoms with Crippen LogP contribution in [0.1, 0.15) is 44.4 Å². The van der Waals surface area contributed by atoms with Gasteiger partial charge in [0.05, 0.1) is 19.3 Å². The monoisotopic (exact) mass is 304 g/mol. The predicted octanol–water partition coefficient (Wildman–Crippen LogP) is 2.58. The Bertz CT molecular complexity index is 502. The number of aryl methyl sites for hydroxylation is 1. The fourth-order valence-corrected chi connectivity index (χ4v) is 2.84. The number of carbonyl (C=O) groups is 1. The Morgan fingerprint density at radius 1 is 1.45 bits per heavy atom. The predicted molar refractivity (Wildman–Crippen MR) is 88.7 cm³/mol. The fourth-order valence-electron chi connectivity index (χ4n) is 2.84. The number of benzene rings is 1. The molecule has 122 valence electrons. The first kappa shape index (κ1) is 17.0. The van der Waals surface area contributed by atoms with Crippen LogP contribution in [-0.4, -0.2) is 31.7 Å². The van der Waals surface area contributed by atoms with E-state index in [0.29, 0.717) is 13.0 Å². The number of hydrogen-bond donors (Lipinski definition) is 2. The zero-order valence-electron chi connectivity index (χ0n) is 14.1. The number of amides is 1. The van der Waals surface area contributed by atoms with Crippen LogP contribution in [-0.2, 0) is 9.53 Å². The molecule has 1 fully saturated rings. The van der Waals surface area contributed by atoms with E-state index in [4.69, 9.17) is 4.74 Å². The molecule has 0 spiro atoms. The molecule has 2 N–H and O–H groups in total. The number of ether oxygens (including phenoxy) is 1. The summed E-state index contributed by atoms with van der Waals surface area (Å²) in [6, 6.07) is 8.49. The Hall–Kier alpha value is -1.39. The molecule has 1 saturated heterocycles. The van der Waals surface area contributed by atoms with Gasteiger partial charge in [-0.15, -0.1) is 0 Å². The second kappa shape index (κ2) is 7.25. The van der Waals surface area contributed by atoms with E-state index in [9.17, 15) is 4.79 Å². The number of hydrogen-bond acceptors (Lipinski definition) is 3. The van der Waals surface area contributed by atoms with Crippen molar-refractivity contribution in [3.8, 4) is 0 Å². The molecule has 22 heavy (non-hydrogen) atoms. The Morgan fingerprint density at radius 2 is 2.23 bits per heavy atom. The maximum absolute atomic E-state index is 12.4. The van der Waals surface area contributed by atoms with Gasteiger partial charge in [-0.25, -0.2) is 0 Å². The van der Waals surface area contributed by atoms with Crippen molar-refractivity contribution in [1.29, 1.82) is 0 Å². The van der Waals surface area contributed by atoms with E-state index in [1.54, 1.807) is 0 Å². The third-order valence-corrected chi connectivity index (χ3v) is 3.98. The zero-order chi connectivity index (χ0) is 16.2. The summed E-state index contributed by atoms with van der Waals surface area (Å²) in [5, 5.41) is 6.54. The minimum atomic E-state index is -0.0417. The summed E-state index contributed by atoms with van der Waals surface area (Å²) >= 11 is 0. The molecule has 0 radical (unpaired) electrons. The van der Waals surface area contributed by atoms with E-state index in [2.05, 4.69) is 56.5 Å². The van der Waals surface area contributed by atoms with Crippen LogP contribution in [0.4, 0.5) is 0 Å².